The molecular weight excluding hydrogens is 236 g/mol. The van der Waals surface area contributed by atoms with Gasteiger partial charge in [-0.3, -0.25) is 0 Å². The summed E-state index contributed by atoms with van der Waals surface area (Å²) in [6.07, 6.45) is 3.95. The molecule has 0 saturated heterocycles. The molecule has 0 spiro atoms. The minimum Gasteiger partial charge on any atom is -0.327 e. The van der Waals surface area contributed by atoms with Crippen molar-refractivity contribution in [2.24, 2.45) is 5.73 Å². The highest BCUT2D eigenvalue weighted by Crippen LogP contribution is 2.31. The molecule has 3 rings (SSSR count). The van der Waals surface area contributed by atoms with Gasteiger partial charge in [-0.05, 0) is 30.0 Å². The van der Waals surface area contributed by atoms with Crippen LogP contribution in [-0.4, -0.2) is 14.9 Å². The lowest BCUT2D eigenvalue weighted by molar-refractivity contribution is 0.657. The number of benzene rings is 1. The summed E-state index contributed by atoms with van der Waals surface area (Å²) in [6.45, 7) is 0. The van der Waals surface area contributed by atoms with Crippen molar-refractivity contribution in [2.45, 2.75) is 18.9 Å². The second kappa shape index (κ2) is 3.58. The van der Waals surface area contributed by atoms with Gasteiger partial charge in [0, 0.05) is 17.6 Å². The molecular formula is C12H12N2S2. The average molecular weight is 248 g/mol. The molecule has 2 N–H and O–H groups in total. The van der Waals surface area contributed by atoms with E-state index in [9.17, 15) is 0 Å². The first-order valence-corrected chi connectivity index (χ1v) is 6.13. The third-order valence-electron chi connectivity index (χ3n) is 3.16. The number of hydrogen-bond donors (Lipinski definition) is 2. The normalized spacial score (nSPS) is 19.0. The van der Waals surface area contributed by atoms with E-state index in [-0.39, 0.29) is 6.04 Å². The first kappa shape index (κ1) is 10.3. The Hall–Kier alpha value is -0.840. The molecule has 82 valence electrons. The lowest BCUT2D eigenvalue weighted by Gasteiger charge is -2.18. The molecule has 0 radical (unpaired) electrons. The molecule has 1 heterocycles. The zero-order chi connectivity index (χ0) is 11.3. The first-order chi connectivity index (χ1) is 7.66. The van der Waals surface area contributed by atoms with Crippen molar-refractivity contribution < 1.29 is 0 Å². The molecule has 1 aromatic heterocycles. The van der Waals surface area contributed by atoms with E-state index in [1.165, 1.54) is 16.5 Å². The van der Waals surface area contributed by atoms with Gasteiger partial charge in [-0.2, -0.15) is 0 Å². The molecule has 2 nitrogen and oxygen atoms in total. The molecule has 0 bridgehead atoms. The van der Waals surface area contributed by atoms with Crippen molar-refractivity contribution in [2.75, 3.05) is 0 Å². The lowest BCUT2D eigenvalue weighted by Crippen LogP contribution is -2.28. The van der Waals surface area contributed by atoms with E-state index in [1.807, 2.05) is 4.57 Å². The Morgan fingerprint density at radius 1 is 1.38 bits per heavy atom. The van der Waals surface area contributed by atoms with Crippen LogP contribution >= 0.6 is 24.8 Å². The van der Waals surface area contributed by atoms with Crippen molar-refractivity contribution in [1.29, 1.82) is 0 Å². The van der Waals surface area contributed by atoms with Crippen LogP contribution in [0.5, 0.6) is 0 Å². The van der Waals surface area contributed by atoms with Crippen LogP contribution < -0.4 is 5.73 Å². The highest BCUT2D eigenvalue weighted by Gasteiger charge is 2.21. The van der Waals surface area contributed by atoms with Gasteiger partial charge in [-0.25, -0.2) is 0 Å². The molecule has 0 saturated carbocycles. The molecule has 1 atom stereocenters. The summed E-state index contributed by atoms with van der Waals surface area (Å²) in [6, 6.07) is 6.52. The number of nitrogens with two attached hydrogens (primary N) is 1. The molecule has 1 aromatic carbocycles. The third-order valence-corrected chi connectivity index (χ3v) is 3.58. The monoisotopic (exact) mass is 248 g/mol. The standard InChI is InChI=1S/C12H12N2S2/c13-9-4-7-2-1-3-10-11(7)8(5-9)6-14(10)12(15)16/h1-3,6,9H,4-5,13H2,(H,15,16). The van der Waals surface area contributed by atoms with Crippen molar-refractivity contribution in [1.82, 2.24) is 4.57 Å². The maximum atomic E-state index is 6.05. The van der Waals surface area contributed by atoms with Gasteiger partial charge >= 0.3 is 0 Å². The number of aromatic nitrogens is 1. The highest BCUT2D eigenvalue weighted by molar-refractivity contribution is 8.11. The van der Waals surface area contributed by atoms with Gasteiger partial charge in [0.15, 0.2) is 0 Å². The molecule has 4 heteroatoms. The van der Waals surface area contributed by atoms with Crippen LogP contribution in [0.15, 0.2) is 24.4 Å². The van der Waals surface area contributed by atoms with E-state index in [4.69, 9.17) is 18.0 Å². The topological polar surface area (TPSA) is 30.9 Å². The number of thiol groups is 1. The van der Waals surface area contributed by atoms with Crippen LogP contribution in [-0.2, 0) is 12.8 Å². The average Bonchev–Trinajstić information content (AvgIpc) is 2.59. The Morgan fingerprint density at radius 2 is 2.12 bits per heavy atom. The molecule has 0 fully saturated rings. The Bertz CT molecular complexity index is 586. The van der Waals surface area contributed by atoms with Gasteiger partial charge < -0.3 is 10.3 Å². The smallest absolute Gasteiger partial charge is 0.141 e. The molecule has 0 amide bonds. The molecule has 0 aliphatic heterocycles. The van der Waals surface area contributed by atoms with E-state index in [2.05, 4.69) is 37.0 Å². The van der Waals surface area contributed by atoms with Gasteiger partial charge in [-0.1, -0.05) is 24.4 Å². The number of rotatable bonds is 0. The van der Waals surface area contributed by atoms with E-state index in [0.717, 1.165) is 18.4 Å². The van der Waals surface area contributed by atoms with Crippen molar-refractivity contribution >= 4 is 40.1 Å². The predicted molar refractivity (Wildman–Crippen MR) is 74.3 cm³/mol. The second-order valence-electron chi connectivity index (χ2n) is 4.29. The summed E-state index contributed by atoms with van der Waals surface area (Å²) in [7, 11) is 0. The summed E-state index contributed by atoms with van der Waals surface area (Å²) in [4.78, 5) is 0. The minimum absolute atomic E-state index is 0.224. The Labute approximate surface area is 105 Å². The molecule has 1 unspecified atom stereocenters. The van der Waals surface area contributed by atoms with Crippen LogP contribution in [0, 0.1) is 0 Å². The summed E-state index contributed by atoms with van der Waals surface area (Å²) in [5, 5.41) is 1.32. The van der Waals surface area contributed by atoms with Crippen molar-refractivity contribution in [3.05, 3.63) is 35.5 Å². The van der Waals surface area contributed by atoms with Crippen LogP contribution in [0.1, 0.15) is 11.1 Å². The van der Waals surface area contributed by atoms with Gasteiger partial charge in [0.25, 0.3) is 0 Å². The van der Waals surface area contributed by atoms with Crippen LogP contribution in [0.3, 0.4) is 0 Å². The molecule has 1 aliphatic carbocycles. The summed E-state index contributed by atoms with van der Waals surface area (Å²) in [5.74, 6) is 0. The molecule has 2 aromatic rings. The third kappa shape index (κ3) is 1.41. The number of thiocarbonyl (C=S) groups is 1. The second-order valence-corrected chi connectivity index (χ2v) is 5.40. The Balaban J connectivity index is 2.37. The SMILES string of the molecule is NC1Cc2cccc3c2c(cn3C(=S)S)C1. The number of nitrogens with zero attached hydrogens (tertiary/aromatic N) is 1. The summed E-state index contributed by atoms with van der Waals surface area (Å²) in [5.41, 5.74) is 9.82. The van der Waals surface area contributed by atoms with Crippen molar-refractivity contribution in [3.63, 3.8) is 0 Å². The maximum absolute atomic E-state index is 6.05. The minimum atomic E-state index is 0.224. The maximum Gasteiger partial charge on any atom is 0.141 e. The Kier molecular flexibility index (Phi) is 2.31. The number of hydrogen-bond acceptors (Lipinski definition) is 2. The van der Waals surface area contributed by atoms with Crippen molar-refractivity contribution in [3.8, 4) is 0 Å². The van der Waals surface area contributed by atoms with E-state index in [0.29, 0.717) is 4.32 Å². The predicted octanol–water partition coefficient (Wildman–Crippen LogP) is 2.13. The van der Waals surface area contributed by atoms with E-state index >= 15 is 0 Å². The zero-order valence-corrected chi connectivity index (χ0v) is 10.4. The lowest BCUT2D eigenvalue weighted by atomic mass is 9.90. The van der Waals surface area contributed by atoms with Crippen LogP contribution in [0.2, 0.25) is 0 Å². The van der Waals surface area contributed by atoms with Crippen LogP contribution in [0.4, 0.5) is 0 Å². The fourth-order valence-electron chi connectivity index (χ4n) is 2.57. The summed E-state index contributed by atoms with van der Waals surface area (Å²) >= 11 is 9.40. The quantitative estimate of drug-likeness (QED) is 0.553. The van der Waals surface area contributed by atoms with Gasteiger partial charge in [-0.15, -0.1) is 12.6 Å². The Morgan fingerprint density at radius 3 is 2.88 bits per heavy atom. The first-order valence-electron chi connectivity index (χ1n) is 5.27. The largest absolute Gasteiger partial charge is 0.327 e. The fourth-order valence-corrected chi connectivity index (χ4v) is 2.88. The van der Waals surface area contributed by atoms with Crippen LogP contribution in [0.25, 0.3) is 10.9 Å². The molecule has 16 heavy (non-hydrogen) atoms. The summed E-state index contributed by atoms with van der Waals surface area (Å²) < 4.78 is 2.55. The molecule has 1 aliphatic rings. The van der Waals surface area contributed by atoms with E-state index < -0.39 is 0 Å². The fraction of sp³-hybridized carbons (Fsp3) is 0.250. The highest BCUT2D eigenvalue weighted by atomic mass is 32.1. The van der Waals surface area contributed by atoms with Gasteiger partial charge in [0.1, 0.15) is 4.32 Å². The van der Waals surface area contributed by atoms with E-state index in [1.54, 1.807) is 0 Å². The van der Waals surface area contributed by atoms with Gasteiger partial charge in [0.2, 0.25) is 0 Å². The zero-order valence-electron chi connectivity index (χ0n) is 8.68. The van der Waals surface area contributed by atoms with Gasteiger partial charge in [0.05, 0.1) is 5.52 Å².